The Morgan fingerprint density at radius 1 is 1.33 bits per heavy atom. The van der Waals surface area contributed by atoms with Gasteiger partial charge in [0.1, 0.15) is 0 Å². The molecule has 7 heteroatoms. The number of nitrogens with one attached hydrogen (secondary N) is 1. The van der Waals surface area contributed by atoms with Gasteiger partial charge in [0.2, 0.25) is 15.9 Å². The van der Waals surface area contributed by atoms with E-state index in [4.69, 9.17) is 0 Å². The summed E-state index contributed by atoms with van der Waals surface area (Å²) >= 11 is 0. The lowest BCUT2D eigenvalue weighted by molar-refractivity contribution is -0.116. The molecule has 0 saturated heterocycles. The first-order chi connectivity index (χ1) is 11.3. The minimum absolute atomic E-state index is 0.0161. The number of nitrogens with zero attached hydrogens (tertiary/aromatic N) is 2. The molecule has 1 amide bonds. The number of carbonyl (C=O) groups excluding carboxylic acids is 1. The quantitative estimate of drug-likeness (QED) is 0.771. The average Bonchev–Trinajstić information content (AvgIpc) is 2.96. The zero-order valence-electron chi connectivity index (χ0n) is 14.7. The third-order valence-corrected chi connectivity index (χ3v) is 5.77. The maximum absolute atomic E-state index is 12.4. The smallest absolute Gasteiger partial charge is 0.240 e. The van der Waals surface area contributed by atoms with Crippen molar-refractivity contribution in [1.29, 1.82) is 0 Å². The molecule has 0 aromatic heterocycles. The Kier molecular flexibility index (Phi) is 6.37. The number of hydrogen-bond donors (Lipinski definition) is 1. The van der Waals surface area contributed by atoms with Crippen LogP contribution in [0.2, 0.25) is 0 Å². The number of rotatable bonds is 8. The summed E-state index contributed by atoms with van der Waals surface area (Å²) in [5, 5.41) is 0. The van der Waals surface area contributed by atoms with E-state index in [2.05, 4.69) is 16.5 Å². The lowest BCUT2D eigenvalue weighted by atomic mass is 10.2. The number of carbonyl (C=O) groups is 1. The molecule has 0 radical (unpaired) electrons. The molecular formula is C17H27N3O3S. The summed E-state index contributed by atoms with van der Waals surface area (Å²) in [4.78, 5) is 15.6. The van der Waals surface area contributed by atoms with Gasteiger partial charge in [-0.15, -0.1) is 0 Å². The number of sulfonamides is 1. The Bertz CT molecular complexity index is 688. The third-order valence-electron chi connectivity index (χ3n) is 4.32. The molecular weight excluding hydrogens is 326 g/mol. The topological polar surface area (TPSA) is 69.7 Å². The van der Waals surface area contributed by atoms with Crippen molar-refractivity contribution in [3.05, 3.63) is 23.8 Å². The number of amides is 1. The summed E-state index contributed by atoms with van der Waals surface area (Å²) in [5.74, 6) is -0.0161. The Morgan fingerprint density at radius 2 is 2.08 bits per heavy atom. The summed E-state index contributed by atoms with van der Waals surface area (Å²) in [5.41, 5.74) is 1.73. The van der Waals surface area contributed by atoms with Gasteiger partial charge in [-0.2, -0.15) is 0 Å². The molecule has 0 aliphatic carbocycles. The van der Waals surface area contributed by atoms with Gasteiger partial charge in [-0.25, -0.2) is 13.1 Å². The molecule has 134 valence electrons. The van der Waals surface area contributed by atoms with Gasteiger partial charge in [0.05, 0.1) is 4.90 Å². The van der Waals surface area contributed by atoms with E-state index in [0.717, 1.165) is 30.6 Å². The van der Waals surface area contributed by atoms with Crippen molar-refractivity contribution in [2.45, 2.75) is 38.0 Å². The highest BCUT2D eigenvalue weighted by molar-refractivity contribution is 7.89. The molecule has 1 aromatic carbocycles. The average molecular weight is 353 g/mol. The molecule has 2 rings (SSSR count). The number of fused-ring (bicyclic) bond motifs is 1. The van der Waals surface area contributed by atoms with Crippen LogP contribution >= 0.6 is 0 Å². The van der Waals surface area contributed by atoms with E-state index in [0.29, 0.717) is 26.1 Å². The molecule has 1 heterocycles. The van der Waals surface area contributed by atoms with Crippen molar-refractivity contribution in [1.82, 2.24) is 9.62 Å². The highest BCUT2D eigenvalue weighted by Gasteiger charge is 2.24. The lowest BCUT2D eigenvalue weighted by Crippen LogP contribution is -2.33. The summed E-state index contributed by atoms with van der Waals surface area (Å²) in [6, 6.07) is 4.98. The highest BCUT2D eigenvalue weighted by Crippen LogP contribution is 2.30. The fraction of sp³-hybridized carbons (Fsp3) is 0.588. The Labute approximate surface area is 144 Å². The summed E-state index contributed by atoms with van der Waals surface area (Å²) < 4.78 is 27.5. The predicted octanol–water partition coefficient (Wildman–Crippen LogP) is 1.61. The molecule has 1 N–H and O–H groups in total. The van der Waals surface area contributed by atoms with Crippen LogP contribution in [-0.2, 0) is 21.2 Å². The molecule has 0 spiro atoms. The van der Waals surface area contributed by atoms with Crippen LogP contribution in [0.1, 0.15) is 32.3 Å². The van der Waals surface area contributed by atoms with Gasteiger partial charge in [0.15, 0.2) is 0 Å². The second-order valence-corrected chi connectivity index (χ2v) is 8.03. The number of anilines is 1. The Balaban J connectivity index is 1.99. The fourth-order valence-electron chi connectivity index (χ4n) is 2.87. The Hall–Kier alpha value is -1.44. The number of benzene rings is 1. The minimum Gasteiger partial charge on any atom is -0.312 e. The molecule has 0 saturated carbocycles. The molecule has 1 aromatic rings. The molecule has 0 unspecified atom stereocenters. The largest absolute Gasteiger partial charge is 0.312 e. The monoisotopic (exact) mass is 353 g/mol. The molecule has 1 aliphatic rings. The van der Waals surface area contributed by atoms with Gasteiger partial charge in [-0.3, -0.25) is 4.79 Å². The fourth-order valence-corrected chi connectivity index (χ4v) is 3.94. The van der Waals surface area contributed by atoms with Crippen LogP contribution in [0.5, 0.6) is 0 Å². The second-order valence-electron chi connectivity index (χ2n) is 6.27. The zero-order valence-corrected chi connectivity index (χ0v) is 15.5. The summed E-state index contributed by atoms with van der Waals surface area (Å²) in [7, 11) is -1.52. The van der Waals surface area contributed by atoms with Gasteiger partial charge in [0, 0.05) is 32.2 Å². The predicted molar refractivity (Wildman–Crippen MR) is 95.8 cm³/mol. The lowest BCUT2D eigenvalue weighted by Gasteiger charge is -2.17. The van der Waals surface area contributed by atoms with E-state index >= 15 is 0 Å². The van der Waals surface area contributed by atoms with Crippen LogP contribution in [-0.4, -0.2) is 52.5 Å². The molecule has 0 fully saturated rings. The normalized spacial score (nSPS) is 14.2. The second kappa shape index (κ2) is 8.09. The third kappa shape index (κ3) is 4.55. The van der Waals surface area contributed by atoms with Crippen molar-refractivity contribution in [2.24, 2.45) is 0 Å². The van der Waals surface area contributed by atoms with E-state index in [1.165, 1.54) is 6.92 Å². The van der Waals surface area contributed by atoms with Crippen LogP contribution in [0, 0.1) is 0 Å². The van der Waals surface area contributed by atoms with Crippen molar-refractivity contribution in [3.8, 4) is 0 Å². The van der Waals surface area contributed by atoms with Crippen molar-refractivity contribution in [3.63, 3.8) is 0 Å². The van der Waals surface area contributed by atoms with E-state index < -0.39 is 10.0 Å². The molecule has 24 heavy (non-hydrogen) atoms. The van der Waals surface area contributed by atoms with E-state index in [1.54, 1.807) is 23.1 Å². The van der Waals surface area contributed by atoms with E-state index in [1.807, 2.05) is 7.05 Å². The first-order valence-electron chi connectivity index (χ1n) is 8.44. The molecule has 6 nitrogen and oxygen atoms in total. The van der Waals surface area contributed by atoms with Crippen LogP contribution in [0.25, 0.3) is 0 Å². The first-order valence-corrected chi connectivity index (χ1v) is 9.92. The number of hydrogen-bond acceptors (Lipinski definition) is 4. The standard InChI is InChI=1S/C17H27N3O3S/c1-4-5-10-19(3)12-9-18-24(22,23)16-6-7-17-15(13-16)8-11-20(17)14(2)21/h6-7,13,18H,4-5,8-12H2,1-3H3. The van der Waals surface area contributed by atoms with E-state index in [-0.39, 0.29) is 10.8 Å². The maximum atomic E-state index is 12.4. The number of likely N-dealkylation sites (N-methyl/N-ethyl adjacent to an activating group) is 1. The first kappa shape index (κ1) is 18.9. The molecule has 0 atom stereocenters. The van der Waals surface area contributed by atoms with Crippen molar-refractivity contribution >= 4 is 21.6 Å². The zero-order chi connectivity index (χ0) is 17.7. The molecule has 1 aliphatic heterocycles. The van der Waals surface area contributed by atoms with Gasteiger partial charge in [0.25, 0.3) is 0 Å². The van der Waals surface area contributed by atoms with E-state index in [9.17, 15) is 13.2 Å². The van der Waals surface area contributed by atoms with Crippen molar-refractivity contribution in [2.75, 3.05) is 38.1 Å². The van der Waals surface area contributed by atoms with Crippen LogP contribution in [0.3, 0.4) is 0 Å². The van der Waals surface area contributed by atoms with Gasteiger partial charge < -0.3 is 9.80 Å². The van der Waals surface area contributed by atoms with Crippen LogP contribution in [0.4, 0.5) is 5.69 Å². The van der Waals surface area contributed by atoms with Gasteiger partial charge in [-0.1, -0.05) is 13.3 Å². The van der Waals surface area contributed by atoms with Crippen LogP contribution < -0.4 is 9.62 Å². The maximum Gasteiger partial charge on any atom is 0.240 e. The number of unbranched alkanes of at least 4 members (excludes halogenated alkanes) is 1. The van der Waals surface area contributed by atoms with Crippen molar-refractivity contribution < 1.29 is 13.2 Å². The van der Waals surface area contributed by atoms with Crippen LogP contribution in [0.15, 0.2) is 23.1 Å². The Morgan fingerprint density at radius 3 is 2.75 bits per heavy atom. The van der Waals surface area contributed by atoms with Gasteiger partial charge in [-0.05, 0) is 50.2 Å². The summed E-state index contributed by atoms with van der Waals surface area (Å²) in [6.45, 7) is 6.32. The summed E-state index contributed by atoms with van der Waals surface area (Å²) in [6.07, 6.45) is 2.93. The minimum atomic E-state index is -3.52. The SMILES string of the molecule is CCCCN(C)CCNS(=O)(=O)c1ccc2c(c1)CCN2C(C)=O. The highest BCUT2D eigenvalue weighted by atomic mass is 32.2. The van der Waals surface area contributed by atoms with Gasteiger partial charge >= 0.3 is 0 Å². The molecule has 0 bridgehead atoms.